The summed E-state index contributed by atoms with van der Waals surface area (Å²) >= 11 is 6.21. The predicted molar refractivity (Wildman–Crippen MR) is 95.6 cm³/mol. The molecule has 1 aliphatic heterocycles. The van der Waals surface area contributed by atoms with Crippen LogP contribution >= 0.6 is 11.6 Å². The largest absolute Gasteiger partial charge is 0.483 e. The number of carbonyl (C=O) groups excluding carboxylic acids is 1. The summed E-state index contributed by atoms with van der Waals surface area (Å²) in [6, 6.07) is 12.4. The Labute approximate surface area is 146 Å². The maximum absolute atomic E-state index is 12.2. The van der Waals surface area contributed by atoms with Crippen molar-refractivity contribution in [2.75, 3.05) is 19.7 Å². The van der Waals surface area contributed by atoms with E-state index in [-0.39, 0.29) is 18.6 Å². The van der Waals surface area contributed by atoms with Crippen LogP contribution < -0.4 is 10.1 Å². The summed E-state index contributed by atoms with van der Waals surface area (Å²) < 4.78 is 5.75. The molecule has 4 nitrogen and oxygen atoms in total. The number of benzene rings is 2. The molecule has 1 amide bonds. The van der Waals surface area contributed by atoms with Gasteiger partial charge in [0.1, 0.15) is 5.75 Å². The van der Waals surface area contributed by atoms with Gasteiger partial charge in [-0.2, -0.15) is 0 Å². The molecule has 24 heavy (non-hydrogen) atoms. The molecule has 1 N–H and O–H groups in total. The molecule has 4 rings (SSSR count). The second-order valence-electron chi connectivity index (χ2n) is 6.66. The van der Waals surface area contributed by atoms with Crippen LogP contribution in [-0.4, -0.2) is 42.6 Å². The molecule has 2 aliphatic rings. The maximum atomic E-state index is 12.2. The van der Waals surface area contributed by atoms with E-state index in [2.05, 4.69) is 10.2 Å². The van der Waals surface area contributed by atoms with Crippen molar-refractivity contribution in [2.24, 2.45) is 0 Å². The lowest BCUT2D eigenvalue weighted by Gasteiger charge is -2.16. The summed E-state index contributed by atoms with van der Waals surface area (Å²) in [6.07, 6.45) is 3.66. The van der Waals surface area contributed by atoms with E-state index in [0.717, 1.165) is 36.3 Å². The van der Waals surface area contributed by atoms with E-state index >= 15 is 0 Å². The van der Waals surface area contributed by atoms with Crippen LogP contribution in [0, 0.1) is 0 Å². The van der Waals surface area contributed by atoms with Gasteiger partial charge in [-0.1, -0.05) is 35.9 Å². The SMILES string of the molecule is O=C(COc1ccc(Cl)c2ccccc12)NC1CCN(C2CC2)C1. The van der Waals surface area contributed by atoms with Gasteiger partial charge in [0.25, 0.3) is 5.91 Å². The summed E-state index contributed by atoms with van der Waals surface area (Å²) in [5, 5.41) is 5.65. The van der Waals surface area contributed by atoms with Gasteiger partial charge in [-0.25, -0.2) is 0 Å². The van der Waals surface area contributed by atoms with Crippen molar-refractivity contribution in [2.45, 2.75) is 31.3 Å². The first-order valence-corrected chi connectivity index (χ1v) is 8.92. The van der Waals surface area contributed by atoms with Gasteiger partial charge in [0.05, 0.1) is 0 Å². The number of rotatable bonds is 5. The summed E-state index contributed by atoms with van der Waals surface area (Å²) in [7, 11) is 0. The number of fused-ring (bicyclic) bond motifs is 1. The highest BCUT2D eigenvalue weighted by Gasteiger charge is 2.34. The quantitative estimate of drug-likeness (QED) is 0.905. The number of amides is 1. The lowest BCUT2D eigenvalue weighted by molar-refractivity contribution is -0.123. The van der Waals surface area contributed by atoms with Gasteiger partial charge in [0, 0.05) is 41.0 Å². The van der Waals surface area contributed by atoms with Gasteiger partial charge in [-0.05, 0) is 31.4 Å². The fourth-order valence-electron chi connectivity index (χ4n) is 3.45. The van der Waals surface area contributed by atoms with Crippen molar-refractivity contribution in [1.29, 1.82) is 0 Å². The van der Waals surface area contributed by atoms with Crippen molar-refractivity contribution in [1.82, 2.24) is 10.2 Å². The van der Waals surface area contributed by atoms with Crippen molar-refractivity contribution < 1.29 is 9.53 Å². The summed E-state index contributed by atoms with van der Waals surface area (Å²) in [5.74, 6) is 0.632. The van der Waals surface area contributed by atoms with E-state index < -0.39 is 0 Å². The second-order valence-corrected chi connectivity index (χ2v) is 7.07. The standard InChI is InChI=1S/C19H21ClN2O2/c20-17-7-8-18(16-4-2-1-3-15(16)17)24-12-19(23)21-13-9-10-22(11-13)14-5-6-14/h1-4,7-8,13-14H,5-6,9-12H2,(H,21,23). The van der Waals surface area contributed by atoms with Crippen LogP contribution in [0.4, 0.5) is 0 Å². The molecule has 0 aromatic heterocycles. The molecule has 1 saturated heterocycles. The highest BCUT2D eigenvalue weighted by atomic mass is 35.5. The Balaban J connectivity index is 1.35. The van der Waals surface area contributed by atoms with Crippen LogP contribution in [0.1, 0.15) is 19.3 Å². The molecule has 1 aliphatic carbocycles. The van der Waals surface area contributed by atoms with E-state index in [4.69, 9.17) is 16.3 Å². The second kappa shape index (κ2) is 6.61. The molecule has 0 radical (unpaired) electrons. The zero-order chi connectivity index (χ0) is 16.5. The molecule has 1 atom stereocenters. The molecule has 2 aromatic rings. The Morgan fingerprint density at radius 3 is 2.75 bits per heavy atom. The van der Waals surface area contributed by atoms with E-state index in [0.29, 0.717) is 10.8 Å². The molecule has 126 valence electrons. The minimum Gasteiger partial charge on any atom is -0.483 e. The minimum atomic E-state index is -0.0586. The number of nitrogens with one attached hydrogen (secondary N) is 1. The Morgan fingerprint density at radius 1 is 1.17 bits per heavy atom. The molecule has 1 unspecified atom stereocenters. The predicted octanol–water partition coefficient (Wildman–Crippen LogP) is 3.22. The Bertz CT molecular complexity index is 760. The molecule has 5 heteroatoms. The van der Waals surface area contributed by atoms with Crippen LogP contribution in [-0.2, 0) is 4.79 Å². The first kappa shape index (κ1) is 15.7. The lowest BCUT2D eigenvalue weighted by atomic mass is 10.1. The van der Waals surface area contributed by atoms with Gasteiger partial charge in [0.2, 0.25) is 0 Å². The Morgan fingerprint density at radius 2 is 1.96 bits per heavy atom. The fraction of sp³-hybridized carbons (Fsp3) is 0.421. The van der Waals surface area contributed by atoms with Crippen molar-refractivity contribution in [3.8, 4) is 5.75 Å². The van der Waals surface area contributed by atoms with Crippen LogP contribution in [0.3, 0.4) is 0 Å². The summed E-state index contributed by atoms with van der Waals surface area (Å²) in [6.45, 7) is 2.10. The third-order valence-corrected chi connectivity index (χ3v) is 5.17. The first-order chi connectivity index (χ1) is 11.7. The fourth-order valence-corrected chi connectivity index (χ4v) is 3.68. The molecule has 0 bridgehead atoms. The van der Waals surface area contributed by atoms with Gasteiger partial charge in [-0.3, -0.25) is 9.69 Å². The van der Waals surface area contributed by atoms with Crippen molar-refractivity contribution >= 4 is 28.3 Å². The van der Waals surface area contributed by atoms with Crippen LogP contribution in [0.5, 0.6) is 5.75 Å². The monoisotopic (exact) mass is 344 g/mol. The van der Waals surface area contributed by atoms with Crippen LogP contribution in [0.2, 0.25) is 5.02 Å². The third kappa shape index (κ3) is 3.35. The molecular weight excluding hydrogens is 324 g/mol. The molecule has 1 heterocycles. The molecule has 1 saturated carbocycles. The summed E-state index contributed by atoms with van der Waals surface area (Å²) in [5.41, 5.74) is 0. The molecule has 2 fully saturated rings. The van der Waals surface area contributed by atoms with Crippen molar-refractivity contribution in [3.63, 3.8) is 0 Å². The number of halogens is 1. The van der Waals surface area contributed by atoms with Gasteiger partial charge in [-0.15, -0.1) is 0 Å². The first-order valence-electron chi connectivity index (χ1n) is 8.54. The Hall–Kier alpha value is -1.78. The smallest absolute Gasteiger partial charge is 0.258 e. The van der Waals surface area contributed by atoms with E-state index in [1.54, 1.807) is 0 Å². The average molecular weight is 345 g/mol. The number of hydrogen-bond donors (Lipinski definition) is 1. The minimum absolute atomic E-state index is 0.0333. The normalized spacial score (nSPS) is 21.1. The van der Waals surface area contributed by atoms with Crippen LogP contribution in [0.25, 0.3) is 10.8 Å². The van der Waals surface area contributed by atoms with E-state index in [1.807, 2.05) is 36.4 Å². The van der Waals surface area contributed by atoms with Crippen molar-refractivity contribution in [3.05, 3.63) is 41.4 Å². The number of nitrogens with zero attached hydrogens (tertiary/aromatic N) is 1. The zero-order valence-corrected chi connectivity index (χ0v) is 14.3. The number of ether oxygens (including phenoxy) is 1. The Kier molecular flexibility index (Phi) is 4.33. The lowest BCUT2D eigenvalue weighted by Crippen LogP contribution is -2.39. The highest BCUT2D eigenvalue weighted by Crippen LogP contribution is 2.31. The van der Waals surface area contributed by atoms with Gasteiger partial charge in [0.15, 0.2) is 6.61 Å². The summed E-state index contributed by atoms with van der Waals surface area (Å²) in [4.78, 5) is 14.7. The molecular formula is C19H21ClN2O2. The average Bonchev–Trinajstić information content (AvgIpc) is 3.35. The van der Waals surface area contributed by atoms with Gasteiger partial charge < -0.3 is 10.1 Å². The number of hydrogen-bond acceptors (Lipinski definition) is 3. The van der Waals surface area contributed by atoms with E-state index in [9.17, 15) is 4.79 Å². The highest BCUT2D eigenvalue weighted by molar-refractivity contribution is 6.35. The van der Waals surface area contributed by atoms with E-state index in [1.165, 1.54) is 12.8 Å². The zero-order valence-electron chi connectivity index (χ0n) is 13.5. The molecule has 2 aromatic carbocycles. The number of carbonyl (C=O) groups is 1. The number of likely N-dealkylation sites (tertiary alicyclic amines) is 1. The third-order valence-electron chi connectivity index (χ3n) is 4.84. The van der Waals surface area contributed by atoms with Crippen LogP contribution in [0.15, 0.2) is 36.4 Å². The topological polar surface area (TPSA) is 41.6 Å². The van der Waals surface area contributed by atoms with Gasteiger partial charge >= 0.3 is 0 Å². The molecule has 0 spiro atoms. The maximum Gasteiger partial charge on any atom is 0.258 e.